The molecule has 2 amide bonds. The Morgan fingerprint density at radius 1 is 1.50 bits per heavy atom. The summed E-state index contributed by atoms with van der Waals surface area (Å²) in [6.07, 6.45) is 0.871. The first kappa shape index (κ1) is 12.4. The molecule has 0 bridgehead atoms. The lowest BCUT2D eigenvalue weighted by Gasteiger charge is -2.29. The Hall–Kier alpha value is -2.04. The number of benzene rings is 1. The third-order valence-corrected chi connectivity index (χ3v) is 2.67. The summed E-state index contributed by atoms with van der Waals surface area (Å²) < 4.78 is 5.37. The highest BCUT2D eigenvalue weighted by Gasteiger charge is 2.24. The third-order valence-electron chi connectivity index (χ3n) is 2.67. The molecule has 0 atom stereocenters. The zero-order valence-corrected chi connectivity index (χ0v) is 10.5. The molecule has 0 spiro atoms. The first-order valence-electron chi connectivity index (χ1n) is 5.96. The molecule has 0 fully saturated rings. The van der Waals surface area contributed by atoms with Gasteiger partial charge in [-0.1, -0.05) is 6.92 Å². The largest absolute Gasteiger partial charge is 0.482 e. The fourth-order valence-electron chi connectivity index (χ4n) is 1.95. The van der Waals surface area contributed by atoms with Crippen LogP contribution < -0.4 is 15.0 Å². The van der Waals surface area contributed by atoms with Crippen molar-refractivity contribution in [2.24, 2.45) is 0 Å². The van der Waals surface area contributed by atoms with E-state index < -0.39 is 0 Å². The van der Waals surface area contributed by atoms with E-state index in [-0.39, 0.29) is 18.4 Å². The van der Waals surface area contributed by atoms with Crippen LogP contribution in [0.2, 0.25) is 0 Å². The minimum Gasteiger partial charge on any atom is -0.482 e. The zero-order chi connectivity index (χ0) is 13.1. The average Bonchev–Trinajstić information content (AvgIpc) is 2.32. The molecule has 0 aliphatic carbocycles. The molecule has 1 aromatic carbocycles. The number of nitrogens with zero attached hydrogens (tertiary/aromatic N) is 1. The smallest absolute Gasteiger partial charge is 0.265 e. The second-order valence-electron chi connectivity index (χ2n) is 4.20. The second kappa shape index (κ2) is 5.08. The van der Waals surface area contributed by atoms with E-state index in [1.54, 1.807) is 23.1 Å². The average molecular weight is 248 g/mol. The van der Waals surface area contributed by atoms with Crippen molar-refractivity contribution in [3.8, 4) is 5.75 Å². The van der Waals surface area contributed by atoms with Crippen LogP contribution in [-0.2, 0) is 9.59 Å². The molecule has 0 aromatic heterocycles. The van der Waals surface area contributed by atoms with Crippen LogP contribution in [0.3, 0.4) is 0 Å². The number of hydrogen-bond acceptors (Lipinski definition) is 3. The van der Waals surface area contributed by atoms with Crippen LogP contribution in [-0.4, -0.2) is 25.0 Å². The molecule has 0 unspecified atom stereocenters. The predicted octanol–water partition coefficient (Wildman–Crippen LogP) is 1.78. The zero-order valence-electron chi connectivity index (χ0n) is 10.5. The van der Waals surface area contributed by atoms with Crippen LogP contribution >= 0.6 is 0 Å². The molecule has 96 valence electrons. The van der Waals surface area contributed by atoms with E-state index in [0.29, 0.717) is 18.0 Å². The Kier molecular flexibility index (Phi) is 3.50. The molecule has 1 aliphatic rings. The van der Waals surface area contributed by atoms with Crippen molar-refractivity contribution >= 4 is 23.2 Å². The topological polar surface area (TPSA) is 58.6 Å². The Labute approximate surface area is 106 Å². The molecule has 2 rings (SSSR count). The summed E-state index contributed by atoms with van der Waals surface area (Å²) in [5.74, 6) is 0.488. The van der Waals surface area contributed by atoms with Gasteiger partial charge in [-0.2, -0.15) is 0 Å². The van der Waals surface area contributed by atoms with E-state index in [1.807, 2.05) is 6.92 Å². The SMILES string of the molecule is CCCN1C(=O)COc2ccc(NC(C)=O)cc21. The van der Waals surface area contributed by atoms with Crippen molar-refractivity contribution in [1.82, 2.24) is 0 Å². The fourth-order valence-corrected chi connectivity index (χ4v) is 1.95. The number of carbonyl (C=O) groups excluding carboxylic acids is 2. The van der Waals surface area contributed by atoms with Crippen LogP contribution in [0.4, 0.5) is 11.4 Å². The van der Waals surface area contributed by atoms with E-state index in [9.17, 15) is 9.59 Å². The summed E-state index contributed by atoms with van der Waals surface area (Å²) in [7, 11) is 0. The molecular formula is C13H16N2O3. The number of amides is 2. The Balaban J connectivity index is 2.35. The Morgan fingerprint density at radius 3 is 2.94 bits per heavy atom. The van der Waals surface area contributed by atoms with Crippen molar-refractivity contribution in [3.63, 3.8) is 0 Å². The molecule has 5 nitrogen and oxygen atoms in total. The van der Waals surface area contributed by atoms with Gasteiger partial charge in [0.05, 0.1) is 5.69 Å². The van der Waals surface area contributed by atoms with E-state index in [0.717, 1.165) is 12.1 Å². The predicted molar refractivity (Wildman–Crippen MR) is 68.9 cm³/mol. The van der Waals surface area contributed by atoms with Crippen LogP contribution in [0, 0.1) is 0 Å². The van der Waals surface area contributed by atoms with Crippen molar-refractivity contribution in [2.45, 2.75) is 20.3 Å². The van der Waals surface area contributed by atoms with E-state index in [1.165, 1.54) is 6.92 Å². The number of anilines is 2. The van der Waals surface area contributed by atoms with Crippen LogP contribution in [0.5, 0.6) is 5.75 Å². The number of nitrogens with one attached hydrogen (secondary N) is 1. The van der Waals surface area contributed by atoms with Crippen molar-refractivity contribution in [2.75, 3.05) is 23.4 Å². The summed E-state index contributed by atoms with van der Waals surface area (Å²) in [6.45, 7) is 4.19. The van der Waals surface area contributed by atoms with Crippen molar-refractivity contribution < 1.29 is 14.3 Å². The monoisotopic (exact) mass is 248 g/mol. The maximum Gasteiger partial charge on any atom is 0.265 e. The van der Waals surface area contributed by atoms with Gasteiger partial charge in [0.25, 0.3) is 5.91 Å². The fraction of sp³-hybridized carbons (Fsp3) is 0.385. The molecule has 1 aromatic rings. The summed E-state index contributed by atoms with van der Waals surface area (Å²) in [5.41, 5.74) is 1.39. The van der Waals surface area contributed by atoms with Gasteiger partial charge < -0.3 is 15.0 Å². The number of hydrogen-bond donors (Lipinski definition) is 1. The molecular weight excluding hydrogens is 232 g/mol. The van der Waals surface area contributed by atoms with E-state index in [4.69, 9.17) is 4.74 Å². The maximum atomic E-state index is 11.8. The summed E-state index contributed by atoms with van der Waals surface area (Å²) in [5, 5.41) is 2.70. The lowest BCUT2D eigenvalue weighted by Crippen LogP contribution is -2.39. The van der Waals surface area contributed by atoms with Gasteiger partial charge in [0.1, 0.15) is 5.75 Å². The van der Waals surface area contributed by atoms with Gasteiger partial charge in [0.15, 0.2) is 6.61 Å². The Morgan fingerprint density at radius 2 is 2.28 bits per heavy atom. The third kappa shape index (κ3) is 2.45. The van der Waals surface area contributed by atoms with Crippen LogP contribution in [0.15, 0.2) is 18.2 Å². The lowest BCUT2D eigenvalue weighted by atomic mass is 10.2. The van der Waals surface area contributed by atoms with Crippen molar-refractivity contribution in [1.29, 1.82) is 0 Å². The van der Waals surface area contributed by atoms with Crippen LogP contribution in [0.1, 0.15) is 20.3 Å². The minimum absolute atomic E-state index is 0.0516. The molecule has 18 heavy (non-hydrogen) atoms. The highest BCUT2D eigenvalue weighted by atomic mass is 16.5. The molecule has 0 radical (unpaired) electrons. The number of fused-ring (bicyclic) bond motifs is 1. The lowest BCUT2D eigenvalue weighted by molar-refractivity contribution is -0.121. The highest BCUT2D eigenvalue weighted by molar-refractivity contribution is 5.99. The van der Waals surface area contributed by atoms with Gasteiger partial charge in [-0.3, -0.25) is 9.59 Å². The van der Waals surface area contributed by atoms with E-state index >= 15 is 0 Å². The molecule has 1 N–H and O–H groups in total. The maximum absolute atomic E-state index is 11.8. The second-order valence-corrected chi connectivity index (χ2v) is 4.20. The number of ether oxygens (including phenoxy) is 1. The molecule has 5 heteroatoms. The van der Waals surface area contributed by atoms with Gasteiger partial charge in [-0.05, 0) is 24.6 Å². The van der Waals surface area contributed by atoms with E-state index in [2.05, 4.69) is 5.32 Å². The normalized spacial score (nSPS) is 13.9. The van der Waals surface area contributed by atoms with Gasteiger partial charge in [-0.25, -0.2) is 0 Å². The van der Waals surface area contributed by atoms with Gasteiger partial charge in [-0.15, -0.1) is 0 Å². The van der Waals surface area contributed by atoms with Crippen molar-refractivity contribution in [3.05, 3.63) is 18.2 Å². The first-order chi connectivity index (χ1) is 8.61. The number of carbonyl (C=O) groups is 2. The molecule has 0 saturated heterocycles. The summed E-state index contributed by atoms with van der Waals surface area (Å²) in [6, 6.07) is 5.30. The molecule has 1 aliphatic heterocycles. The van der Waals surface area contributed by atoms with Gasteiger partial charge in [0.2, 0.25) is 5.91 Å². The number of rotatable bonds is 3. The first-order valence-corrected chi connectivity index (χ1v) is 5.96. The summed E-state index contributed by atoms with van der Waals surface area (Å²) in [4.78, 5) is 24.5. The quantitative estimate of drug-likeness (QED) is 0.887. The van der Waals surface area contributed by atoms with Gasteiger partial charge >= 0.3 is 0 Å². The summed E-state index contributed by atoms with van der Waals surface area (Å²) >= 11 is 0. The van der Waals surface area contributed by atoms with Gasteiger partial charge in [0, 0.05) is 19.2 Å². The standard InChI is InChI=1S/C13H16N2O3/c1-3-6-15-11-7-10(14-9(2)16)4-5-12(11)18-8-13(15)17/h4-5,7H,3,6,8H2,1-2H3,(H,14,16). The minimum atomic E-state index is -0.139. The highest BCUT2D eigenvalue weighted by Crippen LogP contribution is 2.34. The van der Waals surface area contributed by atoms with Crippen LogP contribution in [0.25, 0.3) is 0 Å². The Bertz CT molecular complexity index is 485. The molecule has 0 saturated carbocycles. The molecule has 1 heterocycles.